The highest BCUT2D eigenvalue weighted by atomic mass is 16.3. The molecule has 0 bridgehead atoms. The number of hydrogen-bond acceptors (Lipinski definition) is 1. The molecule has 17 heavy (non-hydrogen) atoms. The monoisotopic (exact) mass is 221 g/mol. The van der Waals surface area contributed by atoms with Crippen molar-refractivity contribution in [1.29, 1.82) is 0 Å². The quantitative estimate of drug-likeness (QED) is 0.652. The Bertz CT molecular complexity index is 719. The van der Waals surface area contributed by atoms with Crippen LogP contribution in [-0.2, 0) is 0 Å². The van der Waals surface area contributed by atoms with E-state index in [0.29, 0.717) is 11.6 Å². The second kappa shape index (κ2) is 3.95. The van der Waals surface area contributed by atoms with Crippen LogP contribution in [0, 0.1) is 0 Å². The molecule has 0 saturated heterocycles. The van der Waals surface area contributed by atoms with Gasteiger partial charge in [-0.15, -0.1) is 0 Å². The van der Waals surface area contributed by atoms with Crippen LogP contribution in [0.5, 0.6) is 5.75 Å². The van der Waals surface area contributed by atoms with Gasteiger partial charge in [0.05, 0.1) is 1.37 Å². The fourth-order valence-corrected chi connectivity index (χ4v) is 1.98. The molecule has 0 atom stereocenters. The molecule has 82 valence electrons. The van der Waals surface area contributed by atoms with Gasteiger partial charge in [-0.2, -0.15) is 0 Å². The summed E-state index contributed by atoms with van der Waals surface area (Å²) in [6.45, 7) is 0. The molecule has 1 heteroatoms. The van der Waals surface area contributed by atoms with E-state index in [0.717, 1.165) is 16.3 Å². The summed E-state index contributed by atoms with van der Waals surface area (Å²) >= 11 is 0. The molecule has 0 radical (unpaired) electrons. The predicted molar refractivity (Wildman–Crippen MR) is 71.0 cm³/mol. The molecule has 0 heterocycles. The molecule has 1 N–H and O–H groups in total. The summed E-state index contributed by atoms with van der Waals surface area (Å²) in [5.41, 5.74) is 1.46. The summed E-state index contributed by atoms with van der Waals surface area (Å²) < 4.78 is 8.08. The van der Waals surface area contributed by atoms with Crippen LogP contribution >= 0.6 is 0 Å². The van der Waals surface area contributed by atoms with Gasteiger partial charge in [-0.3, -0.25) is 0 Å². The molecule has 0 aliphatic carbocycles. The van der Waals surface area contributed by atoms with Crippen molar-refractivity contribution in [2.24, 2.45) is 0 Å². The van der Waals surface area contributed by atoms with Gasteiger partial charge in [0.25, 0.3) is 0 Å². The Labute approximate surface area is 101 Å². The smallest absolute Gasteiger partial charge is 0.123 e. The van der Waals surface area contributed by atoms with Gasteiger partial charge in [0.1, 0.15) is 5.75 Å². The van der Waals surface area contributed by atoms with E-state index in [1.807, 2.05) is 48.5 Å². The second-order valence-corrected chi connectivity index (χ2v) is 3.99. The Balaban J connectivity index is 2.30. The van der Waals surface area contributed by atoms with E-state index in [1.54, 1.807) is 12.1 Å². The highest BCUT2D eigenvalue weighted by molar-refractivity contribution is 5.88. The van der Waals surface area contributed by atoms with Crippen LogP contribution in [0.3, 0.4) is 0 Å². The second-order valence-electron chi connectivity index (χ2n) is 3.99. The first kappa shape index (κ1) is 8.82. The summed E-state index contributed by atoms with van der Waals surface area (Å²) in [6, 6.07) is 19.3. The lowest BCUT2D eigenvalue weighted by Crippen LogP contribution is -1.79. The lowest BCUT2D eigenvalue weighted by molar-refractivity contribution is 0.477. The SMILES string of the molecule is [2H]c1cc2ccccc2cc1-c1ccccc1O. The molecule has 0 unspecified atom stereocenters. The number of fused-ring (bicyclic) bond motifs is 1. The first-order valence-electron chi connectivity index (χ1n) is 6.03. The molecule has 0 aromatic heterocycles. The predicted octanol–water partition coefficient (Wildman–Crippen LogP) is 4.21. The number of phenols is 1. The van der Waals surface area contributed by atoms with Crippen molar-refractivity contribution >= 4 is 10.8 Å². The Morgan fingerprint density at radius 3 is 2.35 bits per heavy atom. The van der Waals surface area contributed by atoms with Gasteiger partial charge in [-0.05, 0) is 28.5 Å². The van der Waals surface area contributed by atoms with Gasteiger partial charge in [0, 0.05) is 5.56 Å². The van der Waals surface area contributed by atoms with Gasteiger partial charge in [0.2, 0.25) is 0 Å². The fraction of sp³-hybridized carbons (Fsp3) is 0. The van der Waals surface area contributed by atoms with Gasteiger partial charge in [-0.1, -0.05) is 54.6 Å². The summed E-state index contributed by atoms with van der Waals surface area (Å²) in [7, 11) is 0. The highest BCUT2D eigenvalue weighted by Gasteiger charge is 2.03. The summed E-state index contributed by atoms with van der Waals surface area (Å²) in [4.78, 5) is 0. The summed E-state index contributed by atoms with van der Waals surface area (Å²) in [5, 5.41) is 12.0. The topological polar surface area (TPSA) is 20.2 Å². The van der Waals surface area contributed by atoms with Crippen LogP contribution in [0.25, 0.3) is 21.9 Å². The molecular weight excluding hydrogens is 208 g/mol. The molecule has 0 aliphatic heterocycles. The zero-order chi connectivity index (χ0) is 12.5. The molecule has 3 aromatic carbocycles. The van der Waals surface area contributed by atoms with E-state index in [-0.39, 0.29) is 5.75 Å². The van der Waals surface area contributed by atoms with E-state index < -0.39 is 0 Å². The first-order chi connectivity index (χ1) is 8.75. The number of aromatic hydroxyl groups is 1. The number of benzene rings is 3. The average Bonchev–Trinajstić information content (AvgIpc) is 2.39. The zero-order valence-corrected chi connectivity index (χ0v) is 9.22. The third-order valence-electron chi connectivity index (χ3n) is 2.87. The molecular formula is C16H12O. The van der Waals surface area contributed by atoms with Crippen LogP contribution in [0.1, 0.15) is 1.37 Å². The maximum Gasteiger partial charge on any atom is 0.123 e. The highest BCUT2D eigenvalue weighted by Crippen LogP contribution is 2.30. The lowest BCUT2D eigenvalue weighted by atomic mass is 10.0. The molecule has 0 saturated carbocycles. The lowest BCUT2D eigenvalue weighted by Gasteiger charge is -2.06. The third kappa shape index (κ3) is 1.76. The first-order valence-corrected chi connectivity index (χ1v) is 5.53. The van der Waals surface area contributed by atoms with Crippen molar-refractivity contribution in [3.8, 4) is 16.9 Å². The van der Waals surface area contributed by atoms with Crippen molar-refractivity contribution in [3.63, 3.8) is 0 Å². The number of para-hydroxylation sites is 1. The zero-order valence-electron chi connectivity index (χ0n) is 10.2. The maximum absolute atomic E-state index is 9.88. The fourth-order valence-electron chi connectivity index (χ4n) is 1.98. The van der Waals surface area contributed by atoms with Crippen molar-refractivity contribution in [3.05, 3.63) is 66.7 Å². The minimum absolute atomic E-state index is 0.210. The summed E-state index contributed by atoms with van der Waals surface area (Å²) in [5.74, 6) is 0.210. The van der Waals surface area contributed by atoms with Crippen LogP contribution in [0.2, 0.25) is 0 Å². The standard InChI is InChI=1S/C16H12O/c17-16-8-4-3-7-15(16)14-10-9-12-5-1-2-6-13(12)11-14/h1-11,17H/i10D. The molecule has 0 aliphatic rings. The van der Waals surface area contributed by atoms with E-state index in [4.69, 9.17) is 1.37 Å². The molecule has 1 nitrogen and oxygen atoms in total. The average molecular weight is 221 g/mol. The van der Waals surface area contributed by atoms with Crippen LogP contribution in [0.15, 0.2) is 66.7 Å². The van der Waals surface area contributed by atoms with Crippen molar-refractivity contribution in [2.45, 2.75) is 0 Å². The van der Waals surface area contributed by atoms with Gasteiger partial charge in [0.15, 0.2) is 0 Å². The molecule has 0 amide bonds. The van der Waals surface area contributed by atoms with E-state index in [9.17, 15) is 5.11 Å². The van der Waals surface area contributed by atoms with Crippen molar-refractivity contribution in [2.75, 3.05) is 0 Å². The third-order valence-corrected chi connectivity index (χ3v) is 2.87. The Morgan fingerprint density at radius 2 is 1.53 bits per heavy atom. The van der Waals surface area contributed by atoms with Gasteiger partial charge < -0.3 is 5.11 Å². The summed E-state index contributed by atoms with van der Waals surface area (Å²) in [6.07, 6.45) is 0. The minimum atomic E-state index is 0.210. The normalized spacial score (nSPS) is 11.4. The Kier molecular flexibility index (Phi) is 2.05. The largest absolute Gasteiger partial charge is 0.507 e. The Morgan fingerprint density at radius 1 is 0.824 bits per heavy atom. The molecule has 0 fully saturated rings. The van der Waals surface area contributed by atoms with Crippen molar-refractivity contribution < 1.29 is 6.48 Å². The number of hydrogen-bond donors (Lipinski definition) is 1. The minimum Gasteiger partial charge on any atom is -0.507 e. The van der Waals surface area contributed by atoms with Crippen LogP contribution in [-0.4, -0.2) is 5.11 Å². The Hall–Kier alpha value is -2.28. The number of phenolic OH excluding ortho intramolecular Hbond substituents is 1. The molecule has 3 aromatic rings. The van der Waals surface area contributed by atoms with E-state index >= 15 is 0 Å². The molecule has 3 rings (SSSR count). The van der Waals surface area contributed by atoms with Crippen LogP contribution < -0.4 is 0 Å². The van der Waals surface area contributed by atoms with Gasteiger partial charge >= 0.3 is 0 Å². The van der Waals surface area contributed by atoms with E-state index in [1.165, 1.54) is 0 Å². The molecule has 0 spiro atoms. The van der Waals surface area contributed by atoms with Crippen LogP contribution in [0.4, 0.5) is 0 Å². The van der Waals surface area contributed by atoms with E-state index in [2.05, 4.69) is 0 Å². The van der Waals surface area contributed by atoms with Gasteiger partial charge in [-0.25, -0.2) is 0 Å². The van der Waals surface area contributed by atoms with Crippen molar-refractivity contribution in [1.82, 2.24) is 0 Å². The maximum atomic E-state index is 9.88. The number of rotatable bonds is 1.